The maximum atomic E-state index is 12.0. The van der Waals surface area contributed by atoms with Gasteiger partial charge in [0, 0.05) is 37.7 Å². The Bertz CT molecular complexity index is 311. The summed E-state index contributed by atoms with van der Waals surface area (Å²) in [7, 11) is 0. The highest BCUT2D eigenvalue weighted by atomic mass is 16.5. The van der Waals surface area contributed by atoms with Crippen molar-refractivity contribution < 1.29 is 9.53 Å². The normalized spacial score (nSPS) is 26.4. The molecule has 116 valence electrons. The fourth-order valence-corrected chi connectivity index (χ4v) is 2.98. The maximum Gasteiger partial charge on any atom is 0.225 e. The molecule has 2 aliphatic heterocycles. The third-order valence-electron chi connectivity index (χ3n) is 4.37. The third-order valence-corrected chi connectivity index (χ3v) is 4.37. The summed E-state index contributed by atoms with van der Waals surface area (Å²) in [5, 5.41) is 3.19. The summed E-state index contributed by atoms with van der Waals surface area (Å²) in [6.07, 6.45) is 4.67. The van der Waals surface area contributed by atoms with Crippen LogP contribution in [0.1, 0.15) is 46.5 Å². The van der Waals surface area contributed by atoms with Crippen molar-refractivity contribution in [2.24, 2.45) is 11.3 Å². The Morgan fingerprint density at radius 1 is 1.25 bits per heavy atom. The van der Waals surface area contributed by atoms with E-state index in [-0.39, 0.29) is 11.3 Å². The van der Waals surface area contributed by atoms with Crippen LogP contribution in [0.25, 0.3) is 0 Å². The second kappa shape index (κ2) is 6.90. The summed E-state index contributed by atoms with van der Waals surface area (Å²) in [5.41, 5.74) is -0.281. The summed E-state index contributed by atoms with van der Waals surface area (Å²) >= 11 is 0. The van der Waals surface area contributed by atoms with E-state index in [1.807, 2.05) is 20.8 Å². The second-order valence-electron chi connectivity index (χ2n) is 7.38. The van der Waals surface area contributed by atoms with Crippen molar-refractivity contribution in [3.05, 3.63) is 0 Å². The molecular formula is C16H30N2O2. The van der Waals surface area contributed by atoms with Crippen LogP contribution in [0.3, 0.4) is 0 Å². The fraction of sp³-hybridized carbons (Fsp3) is 0.938. The van der Waals surface area contributed by atoms with Crippen LogP contribution in [-0.2, 0) is 9.53 Å². The van der Waals surface area contributed by atoms with E-state index >= 15 is 0 Å². The Balaban J connectivity index is 1.68. The number of hydrogen-bond acceptors (Lipinski definition) is 3. The summed E-state index contributed by atoms with van der Waals surface area (Å²) in [4.78, 5) is 14.5. The first-order valence-corrected chi connectivity index (χ1v) is 8.06. The number of carbonyl (C=O) groups is 1. The number of likely N-dealkylation sites (tertiary alicyclic amines) is 1. The zero-order valence-electron chi connectivity index (χ0n) is 13.3. The summed E-state index contributed by atoms with van der Waals surface area (Å²) in [5.74, 6) is 0.890. The van der Waals surface area contributed by atoms with Gasteiger partial charge in [-0.05, 0) is 31.6 Å². The Hall–Kier alpha value is -0.610. The molecule has 1 N–H and O–H groups in total. The first-order chi connectivity index (χ1) is 9.45. The molecule has 0 aromatic heterocycles. The van der Waals surface area contributed by atoms with Crippen LogP contribution >= 0.6 is 0 Å². The molecule has 20 heavy (non-hydrogen) atoms. The SMILES string of the molecule is CC(C)(C)C(=O)NC1CCN(CC2CCCOC2)CC1. The van der Waals surface area contributed by atoms with Gasteiger partial charge in [0.25, 0.3) is 0 Å². The van der Waals surface area contributed by atoms with Gasteiger partial charge in [-0.3, -0.25) is 4.79 Å². The molecule has 0 radical (unpaired) electrons. The summed E-state index contributed by atoms with van der Waals surface area (Å²) in [6, 6.07) is 0.362. The van der Waals surface area contributed by atoms with Gasteiger partial charge in [0.2, 0.25) is 5.91 Å². The Labute approximate surface area is 123 Å². The molecule has 1 atom stereocenters. The van der Waals surface area contributed by atoms with Crippen LogP contribution in [0.2, 0.25) is 0 Å². The van der Waals surface area contributed by atoms with Crippen LogP contribution in [0.5, 0.6) is 0 Å². The first kappa shape index (κ1) is 15.8. The smallest absolute Gasteiger partial charge is 0.225 e. The van der Waals surface area contributed by atoms with Crippen molar-refractivity contribution in [1.82, 2.24) is 10.2 Å². The zero-order chi connectivity index (χ0) is 14.6. The van der Waals surface area contributed by atoms with Crippen LogP contribution < -0.4 is 5.32 Å². The van der Waals surface area contributed by atoms with E-state index in [2.05, 4.69) is 10.2 Å². The van der Waals surface area contributed by atoms with Crippen molar-refractivity contribution in [3.8, 4) is 0 Å². The van der Waals surface area contributed by atoms with Gasteiger partial charge in [-0.15, -0.1) is 0 Å². The molecule has 2 saturated heterocycles. The highest BCUT2D eigenvalue weighted by Gasteiger charge is 2.27. The monoisotopic (exact) mass is 282 g/mol. The van der Waals surface area contributed by atoms with E-state index in [0.29, 0.717) is 12.0 Å². The first-order valence-electron chi connectivity index (χ1n) is 8.06. The molecule has 2 fully saturated rings. The number of amides is 1. The minimum Gasteiger partial charge on any atom is -0.381 e. The van der Waals surface area contributed by atoms with Crippen molar-refractivity contribution >= 4 is 5.91 Å². The number of nitrogens with one attached hydrogen (secondary N) is 1. The Morgan fingerprint density at radius 2 is 1.95 bits per heavy atom. The molecule has 1 unspecified atom stereocenters. The molecule has 2 heterocycles. The van der Waals surface area contributed by atoms with Crippen molar-refractivity contribution in [3.63, 3.8) is 0 Å². The van der Waals surface area contributed by atoms with Gasteiger partial charge in [-0.2, -0.15) is 0 Å². The third kappa shape index (κ3) is 4.74. The molecule has 0 aliphatic carbocycles. The molecule has 0 saturated carbocycles. The lowest BCUT2D eigenvalue weighted by atomic mass is 9.94. The Morgan fingerprint density at radius 3 is 2.50 bits per heavy atom. The van der Waals surface area contributed by atoms with Gasteiger partial charge in [0.1, 0.15) is 0 Å². The van der Waals surface area contributed by atoms with Gasteiger partial charge < -0.3 is 15.0 Å². The van der Waals surface area contributed by atoms with Crippen molar-refractivity contribution in [1.29, 1.82) is 0 Å². The van der Waals surface area contributed by atoms with E-state index in [1.165, 1.54) is 19.4 Å². The van der Waals surface area contributed by atoms with Crippen LogP contribution in [0.15, 0.2) is 0 Å². The number of nitrogens with zero attached hydrogens (tertiary/aromatic N) is 1. The molecule has 4 nitrogen and oxygen atoms in total. The van der Waals surface area contributed by atoms with Gasteiger partial charge in [-0.25, -0.2) is 0 Å². The van der Waals surface area contributed by atoms with Gasteiger partial charge >= 0.3 is 0 Å². The van der Waals surface area contributed by atoms with E-state index in [9.17, 15) is 4.79 Å². The second-order valence-corrected chi connectivity index (χ2v) is 7.38. The molecule has 4 heteroatoms. The number of carbonyl (C=O) groups excluding carboxylic acids is 1. The quantitative estimate of drug-likeness (QED) is 0.861. The Kier molecular flexibility index (Phi) is 5.44. The molecule has 2 aliphatic rings. The van der Waals surface area contributed by atoms with E-state index < -0.39 is 0 Å². The average Bonchev–Trinajstić information content (AvgIpc) is 2.41. The van der Waals surface area contributed by atoms with Crippen LogP contribution in [0, 0.1) is 11.3 Å². The largest absolute Gasteiger partial charge is 0.381 e. The van der Waals surface area contributed by atoms with Crippen molar-refractivity contribution in [2.45, 2.75) is 52.5 Å². The fourth-order valence-electron chi connectivity index (χ4n) is 2.98. The summed E-state index contributed by atoms with van der Waals surface area (Å²) in [6.45, 7) is 11.2. The van der Waals surface area contributed by atoms with Gasteiger partial charge in [-0.1, -0.05) is 20.8 Å². The molecule has 2 rings (SSSR count). The average molecular weight is 282 g/mol. The van der Waals surface area contributed by atoms with Gasteiger partial charge in [0.05, 0.1) is 6.61 Å². The highest BCUT2D eigenvalue weighted by molar-refractivity contribution is 5.81. The summed E-state index contributed by atoms with van der Waals surface area (Å²) < 4.78 is 5.55. The molecule has 0 aromatic rings. The van der Waals surface area contributed by atoms with Crippen molar-refractivity contribution in [2.75, 3.05) is 32.8 Å². The highest BCUT2D eigenvalue weighted by Crippen LogP contribution is 2.19. The van der Waals surface area contributed by atoms with Gasteiger partial charge in [0.15, 0.2) is 0 Å². The van der Waals surface area contributed by atoms with Crippen LogP contribution in [-0.4, -0.2) is 49.7 Å². The maximum absolute atomic E-state index is 12.0. The number of rotatable bonds is 3. The number of hydrogen-bond donors (Lipinski definition) is 1. The lowest BCUT2D eigenvalue weighted by Gasteiger charge is -2.36. The number of ether oxygens (including phenoxy) is 1. The van der Waals surface area contributed by atoms with Crippen LogP contribution in [0.4, 0.5) is 0 Å². The molecule has 1 amide bonds. The molecular weight excluding hydrogens is 252 g/mol. The molecule has 0 spiro atoms. The molecule has 0 aromatic carbocycles. The molecule has 0 bridgehead atoms. The zero-order valence-corrected chi connectivity index (χ0v) is 13.3. The lowest BCUT2D eigenvalue weighted by Crippen LogP contribution is -2.48. The van der Waals surface area contributed by atoms with E-state index in [0.717, 1.165) is 39.1 Å². The standard InChI is InChI=1S/C16H30N2O2/c1-16(2,3)15(19)17-14-6-8-18(9-7-14)11-13-5-4-10-20-12-13/h13-14H,4-12H2,1-3H3,(H,17,19). The number of piperidine rings is 1. The van der Waals surface area contributed by atoms with E-state index in [1.54, 1.807) is 0 Å². The topological polar surface area (TPSA) is 41.6 Å². The lowest BCUT2D eigenvalue weighted by molar-refractivity contribution is -0.129. The minimum atomic E-state index is -0.281. The minimum absolute atomic E-state index is 0.177. The van der Waals surface area contributed by atoms with E-state index in [4.69, 9.17) is 4.74 Å². The predicted molar refractivity (Wildman–Crippen MR) is 80.6 cm³/mol. The predicted octanol–water partition coefficient (Wildman–Crippen LogP) is 2.04.